The van der Waals surface area contributed by atoms with Gasteiger partial charge in [-0.2, -0.15) is 5.10 Å². The molecule has 0 unspecified atom stereocenters. The first-order valence-electron chi connectivity index (χ1n) is 10.4. The van der Waals surface area contributed by atoms with Crippen LogP contribution in [0.2, 0.25) is 0 Å². The molecule has 1 amide bonds. The van der Waals surface area contributed by atoms with Gasteiger partial charge in [0.1, 0.15) is 5.82 Å². The van der Waals surface area contributed by atoms with Crippen LogP contribution in [0.15, 0.2) is 35.5 Å². The van der Waals surface area contributed by atoms with Gasteiger partial charge in [0.05, 0.1) is 40.0 Å². The topological polar surface area (TPSA) is 98.9 Å². The number of amides is 1. The van der Waals surface area contributed by atoms with E-state index in [4.69, 9.17) is 4.98 Å². The van der Waals surface area contributed by atoms with Crippen LogP contribution in [0.1, 0.15) is 32.0 Å². The predicted molar refractivity (Wildman–Crippen MR) is 123 cm³/mol. The molecule has 0 saturated carbocycles. The minimum Gasteiger partial charge on any atom is -0.319 e. The highest BCUT2D eigenvalue weighted by Gasteiger charge is 2.31. The number of carbonyl (C=O) groups is 1. The quantitative estimate of drug-likeness (QED) is 0.542. The van der Waals surface area contributed by atoms with Crippen molar-refractivity contribution >= 4 is 44.4 Å². The summed E-state index contributed by atoms with van der Waals surface area (Å²) in [5.74, 6) is 1.24. The second-order valence-electron chi connectivity index (χ2n) is 8.40. The van der Waals surface area contributed by atoms with E-state index in [9.17, 15) is 13.2 Å². The molecule has 8 nitrogen and oxygen atoms in total. The van der Waals surface area contributed by atoms with Crippen molar-refractivity contribution < 1.29 is 13.2 Å². The van der Waals surface area contributed by atoms with Crippen LogP contribution < -0.4 is 5.32 Å². The highest BCUT2D eigenvalue weighted by atomic mass is 32.2. The summed E-state index contributed by atoms with van der Waals surface area (Å²) in [7, 11) is -3.04. The third kappa shape index (κ3) is 4.95. The molecule has 0 radical (unpaired) electrons. The SMILES string of the molecule is Cc1cc(NC(=O)CSc2nc3ccccc3n2CC(C)C)n([C@H]2CCS(=O)(=O)C2)n1. The molecule has 1 saturated heterocycles. The van der Waals surface area contributed by atoms with Crippen LogP contribution in [-0.2, 0) is 21.2 Å². The summed E-state index contributed by atoms with van der Waals surface area (Å²) in [5, 5.41) is 8.14. The third-order valence-corrected chi connectivity index (χ3v) is 7.91. The van der Waals surface area contributed by atoms with E-state index in [0.29, 0.717) is 18.2 Å². The Hall–Kier alpha value is -2.33. The Morgan fingerprint density at radius 3 is 2.81 bits per heavy atom. The summed E-state index contributed by atoms with van der Waals surface area (Å²) in [5.41, 5.74) is 2.73. The number of anilines is 1. The van der Waals surface area contributed by atoms with Crippen molar-refractivity contribution in [3.8, 4) is 0 Å². The number of thioether (sulfide) groups is 1. The summed E-state index contributed by atoms with van der Waals surface area (Å²) in [6, 6.07) is 9.52. The number of nitrogens with zero attached hydrogens (tertiary/aromatic N) is 4. The zero-order valence-electron chi connectivity index (χ0n) is 17.9. The van der Waals surface area contributed by atoms with Crippen molar-refractivity contribution in [1.29, 1.82) is 0 Å². The van der Waals surface area contributed by atoms with Gasteiger partial charge in [0.2, 0.25) is 5.91 Å². The van der Waals surface area contributed by atoms with E-state index in [1.54, 1.807) is 10.7 Å². The highest BCUT2D eigenvalue weighted by molar-refractivity contribution is 7.99. The summed E-state index contributed by atoms with van der Waals surface area (Å²) < 4.78 is 27.5. The lowest BCUT2D eigenvalue weighted by molar-refractivity contribution is -0.113. The highest BCUT2D eigenvalue weighted by Crippen LogP contribution is 2.28. The van der Waals surface area contributed by atoms with Gasteiger partial charge < -0.3 is 9.88 Å². The zero-order chi connectivity index (χ0) is 22.2. The molecule has 0 bridgehead atoms. The van der Waals surface area contributed by atoms with Gasteiger partial charge in [-0.3, -0.25) is 4.79 Å². The van der Waals surface area contributed by atoms with Gasteiger partial charge in [0, 0.05) is 12.6 Å². The van der Waals surface area contributed by atoms with Crippen molar-refractivity contribution in [3.05, 3.63) is 36.0 Å². The van der Waals surface area contributed by atoms with Gasteiger partial charge in [-0.1, -0.05) is 37.7 Å². The van der Waals surface area contributed by atoms with Crippen LogP contribution in [0.25, 0.3) is 11.0 Å². The predicted octanol–water partition coefficient (Wildman–Crippen LogP) is 3.29. The first-order valence-corrected chi connectivity index (χ1v) is 13.2. The summed E-state index contributed by atoms with van der Waals surface area (Å²) in [6.45, 7) is 6.97. The molecule has 1 aliphatic heterocycles. The van der Waals surface area contributed by atoms with Crippen molar-refractivity contribution in [1.82, 2.24) is 19.3 Å². The summed E-state index contributed by atoms with van der Waals surface area (Å²) in [4.78, 5) is 17.4. The smallest absolute Gasteiger partial charge is 0.235 e. The molecule has 0 spiro atoms. The number of sulfone groups is 1. The molecule has 10 heteroatoms. The Bertz CT molecular complexity index is 1210. The maximum absolute atomic E-state index is 12.7. The number of aryl methyl sites for hydroxylation is 1. The molecular formula is C21H27N5O3S2. The Labute approximate surface area is 186 Å². The monoisotopic (exact) mass is 461 g/mol. The number of hydrogen-bond donors (Lipinski definition) is 1. The van der Waals surface area contributed by atoms with E-state index in [0.717, 1.165) is 28.4 Å². The Balaban J connectivity index is 1.47. The van der Waals surface area contributed by atoms with Gasteiger partial charge in [-0.05, 0) is 31.4 Å². The van der Waals surface area contributed by atoms with Gasteiger partial charge in [0.15, 0.2) is 15.0 Å². The zero-order valence-corrected chi connectivity index (χ0v) is 19.5. The van der Waals surface area contributed by atoms with Crippen LogP contribution >= 0.6 is 11.8 Å². The third-order valence-electron chi connectivity index (χ3n) is 5.18. The largest absolute Gasteiger partial charge is 0.319 e. The lowest BCUT2D eigenvalue weighted by Gasteiger charge is -2.14. The van der Waals surface area contributed by atoms with E-state index >= 15 is 0 Å². The molecule has 1 fully saturated rings. The molecule has 1 aromatic carbocycles. The number of rotatable bonds is 7. The molecule has 166 valence electrons. The van der Waals surface area contributed by atoms with Crippen LogP contribution in [0.5, 0.6) is 0 Å². The Morgan fingerprint density at radius 1 is 1.32 bits per heavy atom. The Morgan fingerprint density at radius 2 is 2.10 bits per heavy atom. The molecular weight excluding hydrogens is 434 g/mol. The minimum absolute atomic E-state index is 0.0605. The Kier molecular flexibility index (Phi) is 6.11. The van der Waals surface area contributed by atoms with E-state index < -0.39 is 9.84 Å². The molecule has 1 aliphatic rings. The number of imidazole rings is 1. The number of nitrogens with one attached hydrogen (secondary N) is 1. The van der Waals surface area contributed by atoms with Crippen LogP contribution in [0.4, 0.5) is 5.82 Å². The molecule has 1 atom stereocenters. The van der Waals surface area contributed by atoms with E-state index in [1.165, 1.54) is 11.8 Å². The van der Waals surface area contributed by atoms with Gasteiger partial charge in [0.25, 0.3) is 0 Å². The van der Waals surface area contributed by atoms with E-state index in [-0.39, 0.29) is 29.2 Å². The fourth-order valence-electron chi connectivity index (χ4n) is 3.87. The normalized spacial score (nSPS) is 18.1. The van der Waals surface area contributed by atoms with E-state index in [2.05, 4.69) is 28.8 Å². The standard InChI is InChI=1S/C21H27N5O3S2/c1-14(2)11-25-18-7-5-4-6-17(18)22-21(25)30-12-20(27)23-19-10-15(3)24-26(19)16-8-9-31(28,29)13-16/h4-7,10,14,16H,8-9,11-13H2,1-3H3,(H,23,27)/t16-/m0/s1. The molecule has 0 aliphatic carbocycles. The van der Waals surface area contributed by atoms with Crippen LogP contribution in [0.3, 0.4) is 0 Å². The summed E-state index contributed by atoms with van der Waals surface area (Å²) in [6.07, 6.45) is 0.514. The van der Waals surface area contributed by atoms with Crippen molar-refractivity contribution in [3.63, 3.8) is 0 Å². The molecule has 3 aromatic rings. The molecule has 4 rings (SSSR count). The minimum atomic E-state index is -3.04. The van der Waals surface area contributed by atoms with Gasteiger partial charge in [-0.15, -0.1) is 0 Å². The average Bonchev–Trinajstić information content (AvgIpc) is 3.35. The number of aromatic nitrogens is 4. The van der Waals surface area contributed by atoms with Crippen LogP contribution in [0, 0.1) is 12.8 Å². The lowest BCUT2D eigenvalue weighted by Crippen LogP contribution is -2.21. The van der Waals surface area contributed by atoms with Crippen LogP contribution in [-0.4, -0.2) is 50.9 Å². The first kappa shape index (κ1) is 21.9. The maximum atomic E-state index is 12.7. The number of para-hydroxylation sites is 2. The number of benzene rings is 1. The van der Waals surface area contributed by atoms with Crippen molar-refractivity contribution in [2.45, 2.75) is 44.9 Å². The maximum Gasteiger partial charge on any atom is 0.235 e. The fourth-order valence-corrected chi connectivity index (χ4v) is 6.39. The second kappa shape index (κ2) is 8.66. The number of hydrogen-bond acceptors (Lipinski definition) is 6. The first-order chi connectivity index (χ1) is 14.7. The van der Waals surface area contributed by atoms with Gasteiger partial charge in [-0.25, -0.2) is 18.1 Å². The van der Waals surface area contributed by atoms with E-state index in [1.807, 2.05) is 31.2 Å². The molecule has 3 heterocycles. The average molecular weight is 462 g/mol. The molecule has 1 N–H and O–H groups in total. The van der Waals surface area contributed by atoms with Crippen molar-refractivity contribution in [2.75, 3.05) is 22.6 Å². The lowest BCUT2D eigenvalue weighted by atomic mass is 10.2. The molecule has 2 aromatic heterocycles. The van der Waals surface area contributed by atoms with Crippen molar-refractivity contribution in [2.24, 2.45) is 5.92 Å². The number of carbonyl (C=O) groups excluding carboxylic acids is 1. The van der Waals surface area contributed by atoms with Gasteiger partial charge >= 0.3 is 0 Å². The second-order valence-corrected chi connectivity index (χ2v) is 11.6. The molecule has 31 heavy (non-hydrogen) atoms. The fraction of sp³-hybridized carbons (Fsp3) is 0.476. The summed E-state index contributed by atoms with van der Waals surface area (Å²) >= 11 is 1.40. The number of fused-ring (bicyclic) bond motifs is 1.